The van der Waals surface area contributed by atoms with E-state index in [1.165, 1.54) is 0 Å². The molecule has 266 valence electrons. The third kappa shape index (κ3) is 4.99. The third-order valence-electron chi connectivity index (χ3n) is 10.9. The molecular weight excluding hydrogens is 705 g/mol. The quantitative estimate of drug-likeness (QED) is 0.174. The van der Waals surface area contributed by atoms with Gasteiger partial charge in [0.1, 0.15) is 33.5 Å². The van der Waals surface area contributed by atoms with Crippen molar-refractivity contribution in [3.8, 4) is 56.4 Å². The van der Waals surface area contributed by atoms with Crippen LogP contribution in [0.3, 0.4) is 0 Å². The molecule has 5 aromatic heterocycles. The maximum atomic E-state index is 6.75. The molecule has 5 heterocycles. The zero-order valence-corrected chi connectivity index (χ0v) is 30.2. The van der Waals surface area contributed by atoms with Crippen LogP contribution in [0.25, 0.3) is 122 Å². The van der Waals surface area contributed by atoms with E-state index < -0.39 is 0 Å². The Bertz CT molecular complexity index is 3540. The van der Waals surface area contributed by atoms with E-state index in [-0.39, 0.29) is 0 Å². The number of benzene rings is 7. The zero-order chi connectivity index (χ0) is 37.5. The van der Waals surface area contributed by atoms with Crippen molar-refractivity contribution in [1.82, 2.24) is 19.9 Å². The lowest BCUT2D eigenvalue weighted by molar-refractivity contribution is 0.668. The van der Waals surface area contributed by atoms with Crippen LogP contribution in [0.2, 0.25) is 0 Å². The molecule has 0 amide bonds. The summed E-state index contributed by atoms with van der Waals surface area (Å²) in [4.78, 5) is 20.1. The second-order valence-corrected chi connectivity index (χ2v) is 14.2. The molecule has 0 fully saturated rings. The van der Waals surface area contributed by atoms with Crippen LogP contribution in [0.15, 0.2) is 183 Å². The van der Waals surface area contributed by atoms with Crippen LogP contribution in [0.5, 0.6) is 0 Å². The van der Waals surface area contributed by atoms with Crippen LogP contribution in [-0.4, -0.2) is 19.9 Å². The molecule has 0 bridgehead atoms. The lowest BCUT2D eigenvalue weighted by Gasteiger charge is -2.13. The smallest absolute Gasteiger partial charge is 0.164 e. The molecule has 0 aliphatic rings. The average Bonchev–Trinajstić information content (AvgIpc) is 3.97. The first-order chi connectivity index (χ1) is 28.2. The minimum Gasteiger partial charge on any atom is -0.456 e. The molecule has 0 N–H and O–H groups in total. The lowest BCUT2D eigenvalue weighted by atomic mass is 9.96. The van der Waals surface area contributed by atoms with Gasteiger partial charge in [-0.25, -0.2) is 15.0 Å². The molecule has 0 aliphatic carbocycles. The highest BCUT2D eigenvalue weighted by Gasteiger charge is 2.22. The number of pyridine rings is 1. The van der Waals surface area contributed by atoms with Crippen LogP contribution < -0.4 is 0 Å². The molecule has 12 rings (SSSR count). The Labute approximate surface area is 324 Å². The fourth-order valence-electron chi connectivity index (χ4n) is 8.20. The minimum absolute atomic E-state index is 0.528. The molecule has 12 aromatic rings. The highest BCUT2D eigenvalue weighted by atomic mass is 16.3. The van der Waals surface area contributed by atoms with E-state index in [4.69, 9.17) is 28.2 Å². The molecule has 7 aromatic carbocycles. The second kappa shape index (κ2) is 12.3. The van der Waals surface area contributed by atoms with Crippen LogP contribution in [0, 0.1) is 0 Å². The van der Waals surface area contributed by atoms with Gasteiger partial charge in [-0.15, -0.1) is 0 Å². The number of furan rings is 3. The normalized spacial score (nSPS) is 11.9. The van der Waals surface area contributed by atoms with Crippen molar-refractivity contribution < 1.29 is 13.3 Å². The van der Waals surface area contributed by atoms with E-state index >= 15 is 0 Å². The first-order valence-corrected chi connectivity index (χ1v) is 18.8. The number of nitrogens with zero attached hydrogens (tertiary/aromatic N) is 4. The summed E-state index contributed by atoms with van der Waals surface area (Å²) in [7, 11) is 0. The molecule has 0 saturated carbocycles. The molecule has 57 heavy (non-hydrogen) atoms. The first kappa shape index (κ1) is 31.5. The van der Waals surface area contributed by atoms with Crippen LogP contribution in [-0.2, 0) is 0 Å². The maximum absolute atomic E-state index is 6.75. The molecule has 0 aliphatic heterocycles. The van der Waals surface area contributed by atoms with E-state index in [0.29, 0.717) is 17.5 Å². The summed E-state index contributed by atoms with van der Waals surface area (Å²) < 4.78 is 19.2. The molecule has 0 saturated heterocycles. The Balaban J connectivity index is 1.11. The predicted molar refractivity (Wildman–Crippen MR) is 227 cm³/mol. The van der Waals surface area contributed by atoms with Gasteiger partial charge in [-0.3, -0.25) is 4.98 Å². The fraction of sp³-hybridized carbons (Fsp3) is 0. The Morgan fingerprint density at radius 2 is 0.930 bits per heavy atom. The van der Waals surface area contributed by atoms with Crippen molar-refractivity contribution in [2.75, 3.05) is 0 Å². The summed E-state index contributed by atoms with van der Waals surface area (Å²) in [6.07, 6.45) is 3.64. The molecule has 0 atom stereocenters. The maximum Gasteiger partial charge on any atom is 0.164 e. The van der Waals surface area contributed by atoms with E-state index in [1.807, 2.05) is 97.2 Å². The Kier molecular flexibility index (Phi) is 6.79. The van der Waals surface area contributed by atoms with Gasteiger partial charge in [-0.05, 0) is 71.8 Å². The Hall–Kier alpha value is -7.90. The van der Waals surface area contributed by atoms with Gasteiger partial charge in [0.25, 0.3) is 0 Å². The van der Waals surface area contributed by atoms with Crippen molar-refractivity contribution in [3.63, 3.8) is 0 Å². The monoisotopic (exact) mass is 732 g/mol. The van der Waals surface area contributed by atoms with Gasteiger partial charge >= 0.3 is 0 Å². The fourth-order valence-corrected chi connectivity index (χ4v) is 8.20. The summed E-state index contributed by atoms with van der Waals surface area (Å²) >= 11 is 0. The van der Waals surface area contributed by atoms with Crippen molar-refractivity contribution in [2.24, 2.45) is 0 Å². The number of hydrogen-bond donors (Lipinski definition) is 0. The van der Waals surface area contributed by atoms with Gasteiger partial charge in [0.2, 0.25) is 0 Å². The number of rotatable bonds is 5. The molecule has 0 spiro atoms. The number of hydrogen-bond acceptors (Lipinski definition) is 7. The van der Waals surface area contributed by atoms with Crippen molar-refractivity contribution in [2.45, 2.75) is 0 Å². The van der Waals surface area contributed by atoms with Crippen LogP contribution in [0.4, 0.5) is 0 Å². The molecule has 0 unspecified atom stereocenters. The van der Waals surface area contributed by atoms with Gasteiger partial charge < -0.3 is 13.3 Å². The minimum atomic E-state index is 0.528. The van der Waals surface area contributed by atoms with Crippen molar-refractivity contribution in [1.29, 1.82) is 0 Å². The highest BCUT2D eigenvalue weighted by molar-refractivity contribution is 6.16. The number of para-hydroxylation sites is 3. The van der Waals surface area contributed by atoms with Gasteiger partial charge in [0.05, 0.1) is 0 Å². The van der Waals surface area contributed by atoms with Crippen molar-refractivity contribution in [3.05, 3.63) is 170 Å². The van der Waals surface area contributed by atoms with E-state index in [9.17, 15) is 0 Å². The SMILES string of the molecule is c1cncc(-c2ccccc2-c2nc(-c3ccc4c(c3)oc3ccccc34)nc(-c3ccc(-c4ccc5oc6ccccc6c5c4)c4oc5ccccc5c34)n2)c1. The topological polar surface area (TPSA) is 91.0 Å². The van der Waals surface area contributed by atoms with Crippen LogP contribution in [0.1, 0.15) is 0 Å². The van der Waals surface area contributed by atoms with Crippen molar-refractivity contribution >= 4 is 65.8 Å². The summed E-state index contributed by atoms with van der Waals surface area (Å²) in [5, 5.41) is 6.13. The molecule has 0 radical (unpaired) electrons. The van der Waals surface area contributed by atoms with Crippen LogP contribution >= 0.6 is 0 Å². The second-order valence-electron chi connectivity index (χ2n) is 14.2. The Morgan fingerprint density at radius 3 is 1.72 bits per heavy atom. The number of fused-ring (bicyclic) bond motifs is 9. The molecular formula is C50H28N4O3. The molecule has 7 nitrogen and oxygen atoms in total. The molecule has 7 heteroatoms. The standard InChI is InChI=1S/C50H28N4O3/c1-2-14-37(32(11-1)31-10-9-25-51-28-31)49-52-48(30-19-21-36-34-12-3-6-16-41(34)56-45(36)27-30)53-50(54-49)39-23-22-33(47-46(39)38-15-5-8-18-43(38)57-47)29-20-24-44-40(26-29)35-13-4-7-17-42(35)55-44/h1-28H. The van der Waals surface area contributed by atoms with E-state index in [2.05, 4.69) is 71.7 Å². The summed E-state index contributed by atoms with van der Waals surface area (Å²) in [5.41, 5.74) is 11.3. The van der Waals surface area contributed by atoms with Gasteiger partial charge in [0, 0.05) is 72.5 Å². The summed E-state index contributed by atoms with van der Waals surface area (Å²) in [6, 6.07) is 53.2. The lowest BCUT2D eigenvalue weighted by Crippen LogP contribution is -2.01. The first-order valence-electron chi connectivity index (χ1n) is 18.8. The van der Waals surface area contributed by atoms with Gasteiger partial charge in [-0.1, -0.05) is 97.1 Å². The Morgan fingerprint density at radius 1 is 0.333 bits per heavy atom. The third-order valence-corrected chi connectivity index (χ3v) is 10.9. The highest BCUT2D eigenvalue weighted by Crippen LogP contribution is 2.43. The zero-order valence-electron chi connectivity index (χ0n) is 30.2. The van der Waals surface area contributed by atoms with E-state index in [1.54, 1.807) is 6.20 Å². The largest absolute Gasteiger partial charge is 0.456 e. The van der Waals surface area contributed by atoms with Gasteiger partial charge in [-0.2, -0.15) is 0 Å². The summed E-state index contributed by atoms with van der Waals surface area (Å²) in [6.45, 7) is 0. The average molecular weight is 733 g/mol. The summed E-state index contributed by atoms with van der Waals surface area (Å²) in [5.74, 6) is 1.60. The predicted octanol–water partition coefficient (Wildman–Crippen LogP) is 13.3. The van der Waals surface area contributed by atoms with Gasteiger partial charge in [0.15, 0.2) is 17.5 Å². The van der Waals surface area contributed by atoms with E-state index in [0.717, 1.165) is 105 Å². The number of aromatic nitrogens is 4.